The number of sulfonamides is 1. The maximum atomic E-state index is 13.3. The van der Waals surface area contributed by atoms with Gasteiger partial charge in [-0.25, -0.2) is 8.42 Å². The highest BCUT2D eigenvalue weighted by Gasteiger charge is 2.45. The highest BCUT2D eigenvalue weighted by Crippen LogP contribution is 2.43. The Hall–Kier alpha value is -3.15. The van der Waals surface area contributed by atoms with Gasteiger partial charge in [-0.3, -0.25) is 4.79 Å². The van der Waals surface area contributed by atoms with Gasteiger partial charge in [0, 0.05) is 37.6 Å². The molecule has 2 fully saturated rings. The lowest BCUT2D eigenvalue weighted by molar-refractivity contribution is 0.0571. The first-order valence-electron chi connectivity index (χ1n) is 11.8. The number of benzene rings is 1. The molecule has 0 unspecified atom stereocenters. The molecule has 0 atom stereocenters. The van der Waals surface area contributed by atoms with E-state index in [9.17, 15) is 13.2 Å². The summed E-state index contributed by atoms with van der Waals surface area (Å²) >= 11 is 1.20. The van der Waals surface area contributed by atoms with Crippen molar-refractivity contribution in [3.63, 3.8) is 0 Å². The fourth-order valence-electron chi connectivity index (χ4n) is 5.21. The van der Waals surface area contributed by atoms with Crippen LogP contribution in [-0.2, 0) is 10.0 Å². The smallest absolute Gasteiger partial charge is 0.289 e. The Bertz CT molecular complexity index is 1510. The molecule has 11 heteroatoms. The van der Waals surface area contributed by atoms with Gasteiger partial charge in [0.25, 0.3) is 15.9 Å². The predicted octanol–water partition coefficient (Wildman–Crippen LogP) is 4.47. The summed E-state index contributed by atoms with van der Waals surface area (Å²) in [5, 5.41) is 4.72. The summed E-state index contributed by atoms with van der Waals surface area (Å²) in [5.74, 6) is 0.738. The average molecular weight is 528 g/mol. The first-order valence-corrected chi connectivity index (χ1v) is 14.0. The molecule has 0 radical (unpaired) electrons. The van der Waals surface area contributed by atoms with Crippen LogP contribution in [0.3, 0.4) is 0 Å². The zero-order chi connectivity index (χ0) is 24.9. The number of likely N-dealkylation sites (tertiary alicyclic amines) is 1. The number of methoxy groups -OCH3 is 1. The van der Waals surface area contributed by atoms with Gasteiger partial charge in [0.1, 0.15) is 16.2 Å². The maximum Gasteiger partial charge on any atom is 0.289 e. The Balaban J connectivity index is 1.13. The summed E-state index contributed by atoms with van der Waals surface area (Å²) in [5.41, 5.74) is 1.07. The first-order chi connectivity index (χ1) is 17.4. The van der Waals surface area contributed by atoms with Gasteiger partial charge in [0.05, 0.1) is 12.0 Å². The van der Waals surface area contributed by atoms with Gasteiger partial charge in [0.2, 0.25) is 0 Å². The van der Waals surface area contributed by atoms with Crippen molar-refractivity contribution in [2.45, 2.75) is 23.5 Å². The van der Waals surface area contributed by atoms with Crippen molar-refractivity contribution in [3.05, 3.63) is 54.5 Å². The lowest BCUT2D eigenvalue weighted by Gasteiger charge is -2.38. The van der Waals surface area contributed by atoms with Gasteiger partial charge < -0.3 is 18.6 Å². The van der Waals surface area contributed by atoms with E-state index in [0.717, 1.165) is 29.5 Å². The zero-order valence-electron chi connectivity index (χ0n) is 19.7. The van der Waals surface area contributed by atoms with Crippen molar-refractivity contribution in [1.82, 2.24) is 14.4 Å². The quantitative estimate of drug-likeness (QED) is 0.377. The number of thiophene rings is 1. The molecule has 2 saturated heterocycles. The second-order valence-corrected chi connectivity index (χ2v) is 12.6. The largest absolute Gasteiger partial charge is 0.493 e. The van der Waals surface area contributed by atoms with Crippen LogP contribution >= 0.6 is 11.3 Å². The molecular weight excluding hydrogens is 502 g/mol. The molecule has 0 N–H and O–H groups in total. The second-order valence-electron chi connectivity index (χ2n) is 9.37. The topological polar surface area (TPSA) is 106 Å². The molecule has 1 amide bonds. The van der Waals surface area contributed by atoms with Crippen LogP contribution < -0.4 is 4.74 Å². The molecule has 0 aliphatic carbocycles. The number of hydrogen-bond donors (Lipinski definition) is 0. The van der Waals surface area contributed by atoms with Crippen molar-refractivity contribution in [2.75, 3.05) is 33.3 Å². The van der Waals surface area contributed by atoms with Crippen molar-refractivity contribution in [2.24, 2.45) is 5.41 Å². The molecule has 36 heavy (non-hydrogen) atoms. The highest BCUT2D eigenvalue weighted by molar-refractivity contribution is 7.91. The number of piperidine rings is 1. The van der Waals surface area contributed by atoms with Crippen LogP contribution in [0.15, 0.2) is 61.9 Å². The van der Waals surface area contributed by atoms with E-state index in [1.165, 1.54) is 17.6 Å². The van der Waals surface area contributed by atoms with Crippen LogP contribution in [0.4, 0.5) is 0 Å². The average Bonchev–Trinajstić information content (AvgIpc) is 3.69. The normalized spacial score (nSPS) is 18.3. The third-order valence-electron chi connectivity index (χ3n) is 7.32. The van der Waals surface area contributed by atoms with E-state index in [1.807, 2.05) is 12.1 Å². The summed E-state index contributed by atoms with van der Waals surface area (Å²) < 4.78 is 44.7. The standard InChI is InChI=1S/C25H25N3O6S2/c1-32-19-4-2-3-17-15-20(34-23(17)19)24(29)27-11-8-25(9-12-27)10-13-28(16-25)36(30,31)22-6-5-21(35-22)18-7-14-33-26-18/h2-7,14-15H,8-13,16H2,1H3. The van der Waals surface area contributed by atoms with Gasteiger partial charge in [-0.2, -0.15) is 4.31 Å². The van der Waals surface area contributed by atoms with Crippen LogP contribution in [0, 0.1) is 5.41 Å². The molecule has 5 heterocycles. The minimum Gasteiger partial charge on any atom is -0.493 e. The number of hydrogen-bond acceptors (Lipinski definition) is 8. The molecule has 0 saturated carbocycles. The van der Waals surface area contributed by atoms with E-state index in [4.69, 9.17) is 13.7 Å². The van der Waals surface area contributed by atoms with Gasteiger partial charge in [-0.05, 0) is 48.9 Å². The molecule has 1 aromatic carbocycles. The van der Waals surface area contributed by atoms with Crippen LogP contribution in [0.5, 0.6) is 5.75 Å². The molecule has 9 nitrogen and oxygen atoms in total. The number of furan rings is 1. The van der Waals surface area contributed by atoms with Crippen LogP contribution in [-0.4, -0.2) is 62.0 Å². The summed E-state index contributed by atoms with van der Waals surface area (Å²) in [6, 6.07) is 12.4. The lowest BCUT2D eigenvalue weighted by atomic mass is 9.78. The second kappa shape index (κ2) is 8.75. The molecule has 6 rings (SSSR count). The fraction of sp³-hybridized carbons (Fsp3) is 0.360. The van der Waals surface area contributed by atoms with E-state index in [0.29, 0.717) is 53.2 Å². The van der Waals surface area contributed by atoms with Crippen LogP contribution in [0.2, 0.25) is 0 Å². The molecule has 2 aliphatic heterocycles. The number of rotatable bonds is 5. The van der Waals surface area contributed by atoms with Crippen molar-refractivity contribution in [3.8, 4) is 16.3 Å². The Kier molecular flexibility index (Phi) is 5.66. The number of ether oxygens (including phenoxy) is 1. The van der Waals surface area contributed by atoms with Crippen molar-refractivity contribution >= 4 is 38.2 Å². The zero-order valence-corrected chi connectivity index (χ0v) is 21.3. The molecule has 0 bridgehead atoms. The maximum absolute atomic E-state index is 13.3. The number of nitrogens with zero attached hydrogens (tertiary/aromatic N) is 3. The van der Waals surface area contributed by atoms with Crippen molar-refractivity contribution < 1.29 is 26.9 Å². The molecular formula is C25H25N3O6S2. The minimum atomic E-state index is -3.59. The third-order valence-corrected chi connectivity index (χ3v) is 10.7. The molecule has 2 aliphatic rings. The molecule has 1 spiro atoms. The van der Waals surface area contributed by atoms with Crippen LogP contribution in [0.1, 0.15) is 29.8 Å². The Morgan fingerprint density at radius 3 is 2.67 bits per heavy atom. The lowest BCUT2D eigenvalue weighted by Crippen LogP contribution is -2.44. The number of aromatic nitrogens is 1. The van der Waals surface area contributed by atoms with Crippen LogP contribution in [0.25, 0.3) is 21.5 Å². The number of para-hydroxylation sites is 1. The van der Waals surface area contributed by atoms with Gasteiger partial charge in [-0.15, -0.1) is 11.3 Å². The predicted molar refractivity (Wildman–Crippen MR) is 134 cm³/mol. The van der Waals surface area contributed by atoms with E-state index in [1.54, 1.807) is 46.6 Å². The van der Waals surface area contributed by atoms with Gasteiger partial charge in [-0.1, -0.05) is 17.3 Å². The van der Waals surface area contributed by atoms with E-state index in [-0.39, 0.29) is 11.3 Å². The van der Waals surface area contributed by atoms with Gasteiger partial charge in [0.15, 0.2) is 17.1 Å². The SMILES string of the molecule is COc1cccc2cc(C(=O)N3CCC4(CC3)CCN(S(=O)(=O)c3ccc(-c5ccon5)s3)C4)oc12. The number of amides is 1. The number of fused-ring (bicyclic) bond motifs is 1. The summed E-state index contributed by atoms with van der Waals surface area (Å²) in [4.78, 5) is 15.7. The Labute approximate surface area is 212 Å². The molecule has 4 aromatic rings. The number of carbonyl (C=O) groups excluding carboxylic acids is 1. The summed E-state index contributed by atoms with van der Waals surface area (Å²) in [7, 11) is -2.02. The minimum absolute atomic E-state index is 0.118. The van der Waals surface area contributed by atoms with Gasteiger partial charge >= 0.3 is 0 Å². The third kappa shape index (κ3) is 3.91. The summed E-state index contributed by atoms with van der Waals surface area (Å²) in [6.07, 6.45) is 3.76. The summed E-state index contributed by atoms with van der Waals surface area (Å²) in [6.45, 7) is 2.08. The van der Waals surface area contributed by atoms with E-state index < -0.39 is 10.0 Å². The molecule has 3 aromatic heterocycles. The van der Waals surface area contributed by atoms with Crippen molar-refractivity contribution in [1.29, 1.82) is 0 Å². The monoisotopic (exact) mass is 527 g/mol. The molecule has 188 valence electrons. The van der Waals surface area contributed by atoms with E-state index in [2.05, 4.69) is 5.16 Å². The fourth-order valence-corrected chi connectivity index (χ4v) is 8.19. The highest BCUT2D eigenvalue weighted by atomic mass is 32.2. The first kappa shape index (κ1) is 23.3. The number of carbonyl (C=O) groups is 1. The Morgan fingerprint density at radius 1 is 1.11 bits per heavy atom. The van der Waals surface area contributed by atoms with E-state index >= 15 is 0 Å². The Morgan fingerprint density at radius 2 is 1.92 bits per heavy atom.